The maximum Gasteiger partial charge on any atom is 0.151 e. The van der Waals surface area contributed by atoms with E-state index < -0.39 is 0 Å². The van der Waals surface area contributed by atoms with Crippen molar-refractivity contribution >= 4 is 27.2 Å². The number of allylic oxidation sites excluding steroid dienone is 1. The minimum atomic E-state index is -0.356. The van der Waals surface area contributed by atoms with Gasteiger partial charge in [-0.25, -0.2) is 9.37 Å². The van der Waals surface area contributed by atoms with Crippen LogP contribution in [-0.2, 0) is 13.0 Å². The summed E-state index contributed by atoms with van der Waals surface area (Å²) in [6.45, 7) is 2.11. The minimum Gasteiger partial charge on any atom is -0.488 e. The molecule has 2 aliphatic rings. The molecule has 0 bridgehead atoms. The van der Waals surface area contributed by atoms with Gasteiger partial charge in [0.15, 0.2) is 5.65 Å². The van der Waals surface area contributed by atoms with Crippen LogP contribution >= 0.6 is 15.9 Å². The highest BCUT2D eigenvalue weighted by atomic mass is 79.9. The monoisotopic (exact) mass is 513 g/mol. The molecule has 2 aromatic heterocycles. The lowest BCUT2D eigenvalue weighted by molar-refractivity contribution is 0.305. The van der Waals surface area contributed by atoms with Gasteiger partial charge in [-0.2, -0.15) is 5.26 Å². The summed E-state index contributed by atoms with van der Waals surface area (Å²) in [7, 11) is 0. The van der Waals surface area contributed by atoms with Crippen LogP contribution in [0.4, 0.5) is 4.39 Å². The van der Waals surface area contributed by atoms with E-state index in [0.717, 1.165) is 44.4 Å². The smallest absolute Gasteiger partial charge is 0.151 e. The van der Waals surface area contributed by atoms with E-state index in [0.29, 0.717) is 23.8 Å². The quantitative estimate of drug-likeness (QED) is 0.278. The lowest BCUT2D eigenvalue weighted by Gasteiger charge is -2.13. The van der Waals surface area contributed by atoms with Gasteiger partial charge in [0.25, 0.3) is 0 Å². The summed E-state index contributed by atoms with van der Waals surface area (Å²) in [5, 5.41) is 9.69. The summed E-state index contributed by atoms with van der Waals surface area (Å²) < 4.78 is 23.1. The number of hydrogen-bond donors (Lipinski definition) is 0. The molecule has 3 heterocycles. The fourth-order valence-corrected chi connectivity index (χ4v) is 5.29. The summed E-state index contributed by atoms with van der Waals surface area (Å²) >= 11 is 3.65. The normalized spacial score (nSPS) is 16.3. The lowest BCUT2D eigenvalue weighted by atomic mass is 9.89. The number of nitriles is 1. The van der Waals surface area contributed by atoms with Crippen LogP contribution in [0, 0.1) is 17.1 Å². The number of hydrogen-bond acceptors (Lipinski definition) is 3. The number of ether oxygens (including phenoxy) is 1. The molecule has 0 saturated heterocycles. The third-order valence-electron chi connectivity index (χ3n) is 6.65. The average Bonchev–Trinajstić information content (AvgIpc) is 3.63. The molecule has 0 unspecified atom stereocenters. The van der Waals surface area contributed by atoms with Gasteiger partial charge < -0.3 is 9.14 Å². The number of benzene rings is 2. The molecule has 1 saturated carbocycles. The minimum absolute atomic E-state index is 0.315. The van der Waals surface area contributed by atoms with Gasteiger partial charge in [-0.15, -0.1) is 0 Å². The molecule has 1 aliphatic heterocycles. The molecule has 4 nitrogen and oxygen atoms in total. The van der Waals surface area contributed by atoms with Crippen LogP contribution < -0.4 is 4.74 Å². The maximum absolute atomic E-state index is 13.9. The second-order valence-corrected chi connectivity index (χ2v) is 9.83. The zero-order valence-electron chi connectivity index (χ0n) is 18.6. The first-order valence-corrected chi connectivity index (χ1v) is 12.1. The van der Waals surface area contributed by atoms with Crippen LogP contribution in [0.3, 0.4) is 0 Å². The predicted octanol–water partition coefficient (Wildman–Crippen LogP) is 6.94. The van der Waals surface area contributed by atoms with E-state index in [1.807, 2.05) is 12.1 Å². The lowest BCUT2D eigenvalue weighted by Crippen LogP contribution is -2.02. The number of imidazole rings is 1. The molecular formula is C28H21BrFN3O. The fourth-order valence-electron chi connectivity index (χ4n) is 4.86. The van der Waals surface area contributed by atoms with E-state index in [1.165, 1.54) is 36.4 Å². The molecule has 0 N–H and O–H groups in total. The summed E-state index contributed by atoms with van der Waals surface area (Å²) in [6.07, 6.45) is 5.18. The van der Waals surface area contributed by atoms with Crippen LogP contribution in [0.2, 0.25) is 0 Å². The third kappa shape index (κ3) is 3.52. The van der Waals surface area contributed by atoms with Crippen LogP contribution in [0.15, 0.2) is 64.8 Å². The van der Waals surface area contributed by atoms with E-state index in [1.54, 1.807) is 13.0 Å². The highest BCUT2D eigenvalue weighted by Gasteiger charge is 2.30. The molecule has 0 atom stereocenters. The Labute approximate surface area is 205 Å². The SMILES string of the molecule is CC(C#N)=C1c2ccc(Cc3c(C4CC4)nc4c(Br)cccn34)cc2COc2cc(F)ccc21. The summed E-state index contributed by atoms with van der Waals surface area (Å²) in [5.74, 6) is 0.638. The zero-order valence-corrected chi connectivity index (χ0v) is 20.2. The first-order valence-electron chi connectivity index (χ1n) is 11.3. The molecule has 168 valence electrons. The Morgan fingerprint density at radius 2 is 2.03 bits per heavy atom. The molecule has 0 amide bonds. The largest absolute Gasteiger partial charge is 0.488 e. The summed E-state index contributed by atoms with van der Waals surface area (Å²) in [6, 6.07) is 17.2. The van der Waals surface area contributed by atoms with Crippen LogP contribution in [0.5, 0.6) is 5.75 Å². The van der Waals surface area contributed by atoms with Gasteiger partial charge in [-0.05, 0) is 76.7 Å². The Morgan fingerprint density at radius 3 is 2.82 bits per heavy atom. The number of nitrogens with zero attached hydrogens (tertiary/aromatic N) is 3. The van der Waals surface area contributed by atoms with Gasteiger partial charge in [0.05, 0.1) is 21.9 Å². The van der Waals surface area contributed by atoms with Crippen LogP contribution in [0.25, 0.3) is 11.2 Å². The van der Waals surface area contributed by atoms with E-state index in [4.69, 9.17) is 9.72 Å². The topological polar surface area (TPSA) is 50.3 Å². The van der Waals surface area contributed by atoms with Crippen LogP contribution in [-0.4, -0.2) is 9.38 Å². The van der Waals surface area contributed by atoms with Crippen molar-refractivity contribution in [1.82, 2.24) is 9.38 Å². The molecule has 6 heteroatoms. The third-order valence-corrected chi connectivity index (χ3v) is 7.26. The number of pyridine rings is 1. The number of aromatic nitrogens is 2. The molecule has 34 heavy (non-hydrogen) atoms. The Bertz CT molecular complexity index is 1540. The molecular weight excluding hydrogens is 493 g/mol. The van der Waals surface area contributed by atoms with Crippen molar-refractivity contribution in [2.75, 3.05) is 0 Å². The van der Waals surface area contributed by atoms with Crippen molar-refractivity contribution in [2.24, 2.45) is 0 Å². The number of halogens is 2. The Hall–Kier alpha value is -3.43. The van der Waals surface area contributed by atoms with Crippen molar-refractivity contribution in [1.29, 1.82) is 5.26 Å². The molecule has 2 aromatic carbocycles. The second kappa shape index (κ2) is 8.11. The fraction of sp³-hybridized carbons (Fsp3) is 0.214. The van der Waals surface area contributed by atoms with Crippen molar-refractivity contribution in [3.05, 3.63) is 104 Å². The highest BCUT2D eigenvalue weighted by molar-refractivity contribution is 9.10. The summed E-state index contributed by atoms with van der Waals surface area (Å²) in [4.78, 5) is 4.97. The standard InChI is InChI=1S/C28H21BrFN3O/c1-16(14-31)26-21-8-4-17(11-19(21)15-34-25-13-20(30)7-9-22(25)26)12-24-27(18-5-6-18)32-28-23(29)3-2-10-33(24)28/h2-4,7-11,13,18H,5-6,12,15H2,1H3. The van der Waals surface area contributed by atoms with Gasteiger partial charge in [-0.1, -0.05) is 18.2 Å². The van der Waals surface area contributed by atoms with E-state index in [2.05, 4.69) is 50.8 Å². The molecule has 6 rings (SSSR count). The van der Waals surface area contributed by atoms with Crippen molar-refractivity contribution in [3.8, 4) is 11.8 Å². The van der Waals surface area contributed by atoms with Crippen molar-refractivity contribution < 1.29 is 9.13 Å². The Morgan fingerprint density at radius 1 is 1.21 bits per heavy atom. The predicted molar refractivity (Wildman–Crippen MR) is 132 cm³/mol. The van der Waals surface area contributed by atoms with E-state index >= 15 is 0 Å². The van der Waals surface area contributed by atoms with Gasteiger partial charge >= 0.3 is 0 Å². The Kier molecular flexibility index (Phi) is 5.04. The van der Waals surface area contributed by atoms with E-state index in [-0.39, 0.29) is 5.82 Å². The van der Waals surface area contributed by atoms with Crippen molar-refractivity contribution in [2.45, 2.75) is 38.7 Å². The zero-order chi connectivity index (χ0) is 23.4. The van der Waals surface area contributed by atoms with Crippen LogP contribution in [0.1, 0.15) is 59.3 Å². The number of rotatable bonds is 3. The van der Waals surface area contributed by atoms with Gasteiger partial charge in [0.2, 0.25) is 0 Å². The maximum atomic E-state index is 13.9. The first kappa shape index (κ1) is 21.1. The molecule has 0 spiro atoms. The van der Waals surface area contributed by atoms with Gasteiger partial charge in [-0.3, -0.25) is 0 Å². The molecule has 4 aromatic rings. The highest BCUT2D eigenvalue weighted by Crippen LogP contribution is 2.43. The molecule has 0 radical (unpaired) electrons. The second-order valence-electron chi connectivity index (χ2n) is 8.98. The van der Waals surface area contributed by atoms with Crippen molar-refractivity contribution in [3.63, 3.8) is 0 Å². The van der Waals surface area contributed by atoms with E-state index in [9.17, 15) is 9.65 Å². The summed E-state index contributed by atoms with van der Waals surface area (Å²) in [5.41, 5.74) is 8.56. The molecule has 1 fully saturated rings. The first-order chi connectivity index (χ1) is 16.5. The van der Waals surface area contributed by atoms with Gasteiger partial charge in [0, 0.05) is 41.3 Å². The Balaban J connectivity index is 1.45. The molecule has 1 aliphatic carbocycles. The average molecular weight is 514 g/mol. The number of fused-ring (bicyclic) bond motifs is 3. The van der Waals surface area contributed by atoms with Gasteiger partial charge in [0.1, 0.15) is 18.2 Å².